The van der Waals surface area contributed by atoms with E-state index < -0.39 is 11.9 Å². The molecule has 0 aliphatic rings. The van der Waals surface area contributed by atoms with E-state index in [2.05, 4.69) is 0 Å². The van der Waals surface area contributed by atoms with Crippen molar-refractivity contribution in [2.45, 2.75) is 39.0 Å². The predicted molar refractivity (Wildman–Crippen MR) is 154 cm³/mol. The molecular formula is C32H36N2O6. The van der Waals surface area contributed by atoms with Gasteiger partial charge >= 0.3 is 11.9 Å². The van der Waals surface area contributed by atoms with Gasteiger partial charge in [-0.15, -0.1) is 10.1 Å². The number of carbonyl (C=O) groups is 2. The highest BCUT2D eigenvalue weighted by Gasteiger charge is 2.29. The van der Waals surface area contributed by atoms with E-state index in [1.165, 1.54) is 10.1 Å². The molecule has 0 heterocycles. The minimum absolute atomic E-state index is 0.269. The van der Waals surface area contributed by atoms with Crippen LogP contribution in [0.1, 0.15) is 25.0 Å². The fraction of sp³-hybridized carbons (Fsp3) is 0.312. The molecule has 0 radical (unpaired) electrons. The Hall–Kier alpha value is -3.82. The van der Waals surface area contributed by atoms with E-state index in [9.17, 15) is 9.59 Å². The molecule has 40 heavy (non-hydrogen) atoms. The molecular weight excluding hydrogens is 508 g/mol. The van der Waals surface area contributed by atoms with Crippen LogP contribution in [0.4, 0.5) is 0 Å². The number of nitrogens with zero attached hydrogens (tertiary/aromatic N) is 2. The van der Waals surface area contributed by atoms with Gasteiger partial charge < -0.3 is 19.1 Å². The van der Waals surface area contributed by atoms with Crippen LogP contribution in [-0.4, -0.2) is 61.6 Å². The van der Waals surface area contributed by atoms with Gasteiger partial charge in [0, 0.05) is 14.2 Å². The maximum atomic E-state index is 13.1. The Labute approximate surface area is 234 Å². The number of fused-ring (bicyclic) bond motifs is 2. The highest BCUT2D eigenvalue weighted by atomic mass is 16.8. The Balaban J connectivity index is 1.51. The summed E-state index contributed by atoms with van der Waals surface area (Å²) in [4.78, 5) is 37.4. The van der Waals surface area contributed by atoms with Crippen molar-refractivity contribution >= 4 is 33.5 Å². The van der Waals surface area contributed by atoms with Crippen molar-refractivity contribution < 1.29 is 28.7 Å². The molecule has 0 aliphatic carbocycles. The summed E-state index contributed by atoms with van der Waals surface area (Å²) in [5.74, 6) is -2.23. The van der Waals surface area contributed by atoms with Crippen molar-refractivity contribution in [2.75, 3.05) is 27.4 Å². The average Bonchev–Trinajstić information content (AvgIpc) is 2.97. The number of hydrogen-bond donors (Lipinski definition) is 0. The lowest BCUT2D eigenvalue weighted by molar-refractivity contribution is -0.234. The minimum Gasteiger partial charge on any atom is -0.383 e. The number of hydrogen-bond acceptors (Lipinski definition) is 8. The number of rotatable bonds is 12. The Bertz CT molecular complexity index is 1320. The summed E-state index contributed by atoms with van der Waals surface area (Å²) in [6.07, 6.45) is 0. The van der Waals surface area contributed by atoms with Gasteiger partial charge in [0.25, 0.3) is 0 Å². The molecule has 4 aromatic carbocycles. The molecule has 0 saturated carbocycles. The van der Waals surface area contributed by atoms with E-state index in [0.29, 0.717) is 13.2 Å². The zero-order valence-electron chi connectivity index (χ0n) is 23.4. The summed E-state index contributed by atoms with van der Waals surface area (Å²) in [5, 5.41) is 7.13. The largest absolute Gasteiger partial charge is 0.438 e. The lowest BCUT2D eigenvalue weighted by atomic mass is 10.0. The van der Waals surface area contributed by atoms with Gasteiger partial charge in [0.15, 0.2) is 0 Å². The second-order valence-corrected chi connectivity index (χ2v) is 9.79. The fourth-order valence-electron chi connectivity index (χ4n) is 4.69. The zero-order chi connectivity index (χ0) is 28.5. The van der Waals surface area contributed by atoms with Crippen LogP contribution in [0.5, 0.6) is 0 Å². The smallest absolute Gasteiger partial charge is 0.383 e. The monoisotopic (exact) mass is 544 g/mol. The maximum absolute atomic E-state index is 13.1. The van der Waals surface area contributed by atoms with Crippen molar-refractivity contribution in [1.82, 2.24) is 10.1 Å². The van der Waals surface area contributed by atoms with Crippen molar-refractivity contribution in [3.8, 4) is 0 Å². The van der Waals surface area contributed by atoms with Crippen molar-refractivity contribution in [1.29, 1.82) is 0 Å². The molecule has 0 bridgehead atoms. The second kappa shape index (κ2) is 14.0. The number of benzene rings is 4. The lowest BCUT2D eigenvalue weighted by Gasteiger charge is -2.29. The van der Waals surface area contributed by atoms with Crippen LogP contribution >= 0.6 is 0 Å². The van der Waals surface area contributed by atoms with Crippen LogP contribution < -0.4 is 0 Å². The fourth-order valence-corrected chi connectivity index (χ4v) is 4.69. The number of hydroxylamine groups is 4. The standard InChI is InChI=1S/C32H36N2O6/c1-23(21-37-3)33(19-27-15-9-13-25-11-5-7-17-29(25)27)39-31(35)32(36)40-34(24(2)22-38-4)20-28-16-10-14-26-12-6-8-18-30(26)28/h5-18,23-24H,19-22H2,1-4H3. The van der Waals surface area contributed by atoms with Gasteiger partial charge in [-0.3, -0.25) is 0 Å². The molecule has 0 N–H and O–H groups in total. The summed E-state index contributed by atoms with van der Waals surface area (Å²) in [5.41, 5.74) is 1.90. The first-order chi connectivity index (χ1) is 19.4. The Kier molecular flexibility index (Phi) is 10.2. The number of methoxy groups -OCH3 is 2. The van der Waals surface area contributed by atoms with Crippen LogP contribution in [0.2, 0.25) is 0 Å². The molecule has 2 atom stereocenters. The molecule has 210 valence electrons. The van der Waals surface area contributed by atoms with E-state index in [1.54, 1.807) is 14.2 Å². The molecule has 0 fully saturated rings. The van der Waals surface area contributed by atoms with Crippen LogP contribution in [-0.2, 0) is 41.8 Å². The van der Waals surface area contributed by atoms with E-state index in [4.69, 9.17) is 19.1 Å². The predicted octanol–water partition coefficient (Wildman–Crippen LogP) is 5.28. The van der Waals surface area contributed by atoms with E-state index in [1.807, 2.05) is 98.8 Å². The quantitative estimate of drug-likeness (QED) is 0.176. The second-order valence-electron chi connectivity index (χ2n) is 9.79. The first-order valence-corrected chi connectivity index (χ1v) is 13.3. The molecule has 0 amide bonds. The Morgan fingerprint density at radius 3 is 1.38 bits per heavy atom. The van der Waals surface area contributed by atoms with Gasteiger partial charge in [-0.1, -0.05) is 84.9 Å². The molecule has 0 aliphatic heterocycles. The third kappa shape index (κ3) is 7.22. The van der Waals surface area contributed by atoms with Gasteiger partial charge in [-0.05, 0) is 46.5 Å². The normalized spacial score (nSPS) is 13.1. The summed E-state index contributed by atoms with van der Waals surface area (Å²) < 4.78 is 10.6. The van der Waals surface area contributed by atoms with Crippen molar-refractivity contribution in [3.05, 3.63) is 96.1 Å². The topological polar surface area (TPSA) is 77.5 Å². The zero-order valence-corrected chi connectivity index (χ0v) is 23.4. The molecule has 0 saturated heterocycles. The van der Waals surface area contributed by atoms with Crippen LogP contribution in [0.25, 0.3) is 21.5 Å². The van der Waals surface area contributed by atoms with E-state index in [0.717, 1.165) is 32.7 Å². The molecule has 8 heteroatoms. The first kappa shape index (κ1) is 29.2. The van der Waals surface area contributed by atoms with Gasteiger partial charge in [-0.25, -0.2) is 9.59 Å². The van der Waals surface area contributed by atoms with Gasteiger partial charge in [0.05, 0.1) is 38.4 Å². The third-order valence-electron chi connectivity index (χ3n) is 6.78. The highest BCUT2D eigenvalue weighted by molar-refractivity contribution is 6.29. The first-order valence-electron chi connectivity index (χ1n) is 13.3. The molecule has 2 unspecified atom stereocenters. The van der Waals surface area contributed by atoms with Crippen LogP contribution in [0.3, 0.4) is 0 Å². The molecule has 4 aromatic rings. The molecule has 4 rings (SSSR count). The maximum Gasteiger partial charge on any atom is 0.438 e. The molecule has 0 aromatic heterocycles. The Morgan fingerprint density at radius 1 is 0.600 bits per heavy atom. The molecule has 0 spiro atoms. The molecule has 8 nitrogen and oxygen atoms in total. The van der Waals surface area contributed by atoms with Crippen LogP contribution in [0.15, 0.2) is 84.9 Å². The highest BCUT2D eigenvalue weighted by Crippen LogP contribution is 2.23. The van der Waals surface area contributed by atoms with Gasteiger partial charge in [0.2, 0.25) is 0 Å². The number of ether oxygens (including phenoxy) is 2. The van der Waals surface area contributed by atoms with Crippen molar-refractivity contribution in [3.63, 3.8) is 0 Å². The minimum atomic E-state index is -1.12. The third-order valence-corrected chi connectivity index (χ3v) is 6.78. The summed E-state index contributed by atoms with van der Waals surface area (Å²) >= 11 is 0. The summed E-state index contributed by atoms with van der Waals surface area (Å²) in [6.45, 7) is 4.85. The van der Waals surface area contributed by atoms with E-state index >= 15 is 0 Å². The Morgan fingerprint density at radius 2 is 0.975 bits per heavy atom. The van der Waals surface area contributed by atoms with Crippen LogP contribution in [0, 0.1) is 0 Å². The summed E-state index contributed by atoms with van der Waals surface area (Å²) in [7, 11) is 3.15. The van der Waals surface area contributed by atoms with Gasteiger partial charge in [0.1, 0.15) is 0 Å². The lowest BCUT2D eigenvalue weighted by Crippen LogP contribution is -2.43. The number of carbonyl (C=O) groups excluding carboxylic acids is 2. The SMILES string of the molecule is COCC(C)N(Cc1cccc2ccccc12)OC(=O)C(=O)ON(Cc1cccc2ccccc12)C(C)COC. The average molecular weight is 545 g/mol. The van der Waals surface area contributed by atoms with Crippen molar-refractivity contribution in [2.24, 2.45) is 0 Å². The summed E-state index contributed by atoms with van der Waals surface area (Å²) in [6, 6.07) is 27.2. The van der Waals surface area contributed by atoms with E-state index in [-0.39, 0.29) is 25.2 Å². The van der Waals surface area contributed by atoms with Gasteiger partial charge in [-0.2, -0.15) is 0 Å².